The van der Waals surface area contributed by atoms with Gasteiger partial charge in [0, 0.05) is 0 Å². The van der Waals surface area contributed by atoms with Crippen molar-refractivity contribution in [2.45, 2.75) is 12.1 Å². The van der Waals surface area contributed by atoms with Crippen LogP contribution in [-0.2, 0) is 19.8 Å². The Morgan fingerprint density at radius 3 is 2.53 bits per heavy atom. The van der Waals surface area contributed by atoms with E-state index in [0.717, 1.165) is 0 Å². The monoisotopic (exact) mass is 239 g/mol. The highest BCUT2D eigenvalue weighted by atomic mass is 32.2. The van der Waals surface area contributed by atoms with E-state index in [2.05, 4.69) is 10.5 Å². The van der Waals surface area contributed by atoms with E-state index in [4.69, 9.17) is 10.3 Å². The zero-order chi connectivity index (χ0) is 11.8. The third-order valence-corrected chi connectivity index (χ3v) is 2.81. The molecule has 0 radical (unpaired) electrons. The van der Waals surface area contributed by atoms with Gasteiger partial charge in [0.1, 0.15) is 18.7 Å². The molecular formula is C5H9N3O6S. The molecule has 5 N–H and O–H groups in total. The molecule has 15 heavy (non-hydrogen) atoms. The first-order chi connectivity index (χ1) is 6.75. The minimum absolute atomic E-state index is 0.139. The predicted molar refractivity (Wildman–Crippen MR) is 45.7 cm³/mol. The Hall–Kier alpha value is -1.39. The molecule has 86 valence electrons. The second-order valence-corrected chi connectivity index (χ2v) is 4.12. The molecule has 2 atom stereocenters. The van der Waals surface area contributed by atoms with Gasteiger partial charge in [0.15, 0.2) is 0 Å². The van der Waals surface area contributed by atoms with Crippen LogP contribution in [0.4, 0.5) is 4.79 Å². The van der Waals surface area contributed by atoms with E-state index in [1.807, 2.05) is 0 Å². The van der Waals surface area contributed by atoms with E-state index in [0.29, 0.717) is 0 Å². The van der Waals surface area contributed by atoms with Crippen LogP contribution in [0.5, 0.6) is 0 Å². The van der Waals surface area contributed by atoms with Crippen molar-refractivity contribution in [3.8, 4) is 0 Å². The second kappa shape index (κ2) is 3.64. The van der Waals surface area contributed by atoms with Crippen LogP contribution in [0.25, 0.3) is 0 Å². The Labute approximate surface area is 84.8 Å². The molecule has 0 saturated carbocycles. The summed E-state index contributed by atoms with van der Waals surface area (Å²) < 4.78 is 34.3. The van der Waals surface area contributed by atoms with E-state index in [1.165, 1.54) is 0 Å². The molecule has 0 aliphatic carbocycles. The van der Waals surface area contributed by atoms with E-state index in [9.17, 15) is 18.0 Å². The van der Waals surface area contributed by atoms with Gasteiger partial charge in [-0.2, -0.15) is 8.42 Å². The van der Waals surface area contributed by atoms with Crippen molar-refractivity contribution in [3.63, 3.8) is 0 Å². The van der Waals surface area contributed by atoms with E-state index in [1.54, 1.807) is 0 Å². The maximum absolute atomic E-state index is 11.0. The van der Waals surface area contributed by atoms with Crippen molar-refractivity contribution in [1.29, 1.82) is 0 Å². The number of ether oxygens (including phenoxy) is 1. The molecule has 0 aromatic carbocycles. The lowest BCUT2D eigenvalue weighted by Gasteiger charge is -2.41. The average molecular weight is 239 g/mol. The number of rotatable bonds is 3. The molecule has 1 rings (SSSR count). The Kier molecular flexibility index (Phi) is 2.83. The molecule has 1 saturated heterocycles. The van der Waals surface area contributed by atoms with Crippen molar-refractivity contribution in [1.82, 2.24) is 4.31 Å². The molecular weight excluding hydrogens is 230 g/mol. The molecule has 2 amide bonds. The van der Waals surface area contributed by atoms with Crippen molar-refractivity contribution in [2.24, 2.45) is 11.5 Å². The minimum Gasteiger partial charge on any atom is -0.447 e. The summed E-state index contributed by atoms with van der Waals surface area (Å²) in [5, 5.41) is 0. The number of nitrogens with zero attached hydrogens (tertiary/aromatic N) is 1. The lowest BCUT2D eigenvalue weighted by molar-refractivity contribution is -0.142. The summed E-state index contributed by atoms with van der Waals surface area (Å²) in [6.45, 7) is -0.484. The predicted octanol–water partition coefficient (Wildman–Crippen LogP) is -2.58. The Morgan fingerprint density at radius 1 is 1.60 bits per heavy atom. The molecule has 2 unspecified atom stereocenters. The molecule has 1 heterocycles. The summed E-state index contributed by atoms with van der Waals surface area (Å²) >= 11 is 0. The van der Waals surface area contributed by atoms with Gasteiger partial charge in [-0.05, 0) is 0 Å². The Balaban J connectivity index is 2.72. The lowest BCUT2D eigenvalue weighted by Crippen LogP contribution is -2.71. The number of nitrogens with two attached hydrogens (primary N) is 2. The highest BCUT2D eigenvalue weighted by Crippen LogP contribution is 2.21. The van der Waals surface area contributed by atoms with Gasteiger partial charge >= 0.3 is 16.4 Å². The molecule has 0 aromatic heterocycles. The summed E-state index contributed by atoms with van der Waals surface area (Å²) in [7, 11) is -4.67. The van der Waals surface area contributed by atoms with Gasteiger partial charge in [0.25, 0.3) is 5.91 Å². The van der Waals surface area contributed by atoms with Gasteiger partial charge in [0.2, 0.25) is 0 Å². The number of hydrogen-bond donors (Lipinski definition) is 3. The summed E-state index contributed by atoms with van der Waals surface area (Å²) in [5.41, 5.74) is 9.88. The number of β-lactam (4-membered cyclic amide) rings is 1. The number of carbonyl (C=O) groups is 2. The van der Waals surface area contributed by atoms with Gasteiger partial charge < -0.3 is 16.2 Å². The van der Waals surface area contributed by atoms with Crippen LogP contribution in [0.15, 0.2) is 0 Å². The van der Waals surface area contributed by atoms with Crippen molar-refractivity contribution >= 4 is 22.3 Å². The second-order valence-electron chi connectivity index (χ2n) is 2.84. The van der Waals surface area contributed by atoms with E-state index in [-0.39, 0.29) is 4.31 Å². The van der Waals surface area contributed by atoms with Gasteiger partial charge in [-0.15, -0.1) is 0 Å². The molecule has 1 fully saturated rings. The van der Waals surface area contributed by atoms with Crippen LogP contribution in [0.2, 0.25) is 0 Å². The molecule has 9 nitrogen and oxygen atoms in total. The first kappa shape index (κ1) is 11.7. The normalized spacial score (nSPS) is 26.0. The fourth-order valence-electron chi connectivity index (χ4n) is 1.16. The van der Waals surface area contributed by atoms with Gasteiger partial charge in [-0.25, -0.2) is 9.10 Å². The fraction of sp³-hybridized carbons (Fsp3) is 0.600. The standard InChI is InChI=1S/C5H9N3O6S/c6-3-2(1-14-5(7)10)8(4(3)9)15(11,12)13/h2-3H,1,6H2,(H2,7,10)(H,11,12,13). The van der Waals surface area contributed by atoms with Gasteiger partial charge in [0.05, 0.1) is 0 Å². The van der Waals surface area contributed by atoms with Crippen molar-refractivity contribution in [3.05, 3.63) is 0 Å². The van der Waals surface area contributed by atoms with Gasteiger partial charge in [-0.1, -0.05) is 0 Å². The summed E-state index contributed by atoms with van der Waals surface area (Å²) in [6.07, 6.45) is -1.13. The van der Waals surface area contributed by atoms with Gasteiger partial charge in [-0.3, -0.25) is 9.35 Å². The first-order valence-corrected chi connectivity index (χ1v) is 5.13. The summed E-state index contributed by atoms with van der Waals surface area (Å²) in [4.78, 5) is 21.2. The minimum atomic E-state index is -4.67. The number of amides is 2. The molecule has 0 bridgehead atoms. The smallest absolute Gasteiger partial charge is 0.404 e. The molecule has 1 aliphatic rings. The average Bonchev–Trinajstić information content (AvgIpc) is 2.07. The summed E-state index contributed by atoms with van der Waals surface area (Å²) in [6, 6.07) is -2.24. The largest absolute Gasteiger partial charge is 0.447 e. The number of carbonyl (C=O) groups excluding carboxylic acids is 2. The zero-order valence-electron chi connectivity index (χ0n) is 7.36. The van der Waals surface area contributed by atoms with Crippen LogP contribution in [0.3, 0.4) is 0 Å². The van der Waals surface area contributed by atoms with E-state index >= 15 is 0 Å². The highest BCUT2D eigenvalue weighted by Gasteiger charge is 2.51. The number of primary amides is 1. The molecule has 0 spiro atoms. The molecule has 10 heteroatoms. The zero-order valence-corrected chi connectivity index (χ0v) is 8.18. The van der Waals surface area contributed by atoms with Crippen LogP contribution < -0.4 is 11.5 Å². The Morgan fingerprint density at radius 2 is 2.13 bits per heavy atom. The third kappa shape index (κ3) is 2.16. The summed E-state index contributed by atoms with van der Waals surface area (Å²) in [5.74, 6) is -0.962. The van der Waals surface area contributed by atoms with Crippen LogP contribution in [0, 0.1) is 0 Å². The third-order valence-electron chi connectivity index (χ3n) is 1.86. The first-order valence-electron chi connectivity index (χ1n) is 3.73. The van der Waals surface area contributed by atoms with Crippen LogP contribution in [-0.4, -0.2) is 48.0 Å². The lowest BCUT2D eigenvalue weighted by atomic mass is 10.0. The fourth-order valence-corrected chi connectivity index (χ4v) is 2.05. The van der Waals surface area contributed by atoms with Crippen LogP contribution >= 0.6 is 0 Å². The quantitative estimate of drug-likeness (QED) is 0.361. The number of hydrogen-bond acceptors (Lipinski definition) is 6. The molecule has 1 aliphatic heterocycles. The van der Waals surface area contributed by atoms with Crippen molar-refractivity contribution < 1.29 is 27.3 Å². The maximum atomic E-state index is 11.0. The Bertz CT molecular complexity index is 392. The van der Waals surface area contributed by atoms with E-state index < -0.39 is 41.0 Å². The highest BCUT2D eigenvalue weighted by molar-refractivity contribution is 7.84. The SMILES string of the molecule is NC(=O)OCC1C(N)C(=O)N1S(=O)(=O)O. The van der Waals surface area contributed by atoms with Crippen LogP contribution in [0.1, 0.15) is 0 Å². The van der Waals surface area contributed by atoms with Crippen molar-refractivity contribution in [2.75, 3.05) is 6.61 Å². The molecule has 0 aromatic rings. The maximum Gasteiger partial charge on any atom is 0.404 e. The topological polar surface area (TPSA) is 153 Å².